The predicted octanol–water partition coefficient (Wildman–Crippen LogP) is 4.21. The molecule has 2 fully saturated rings. The highest BCUT2D eigenvalue weighted by atomic mass is 16.7. The Bertz CT molecular complexity index is 930. The van der Waals surface area contributed by atoms with E-state index >= 15 is 0 Å². The first-order valence-electron chi connectivity index (χ1n) is 13.2. The standard InChI is InChI=1S/C28H41NO6/c1-7-12-29-13-8-9-22-14-23-21(15-24(22)29)11-10-16(2)25(23)35-28-27(34-20(6)31)26(33-19(5)30)17(3)18(4)32-28/h10-11,17-18,22,24,26-28H,7-9,12-15H2,1-6H3/t17-,18-,22-,24-,26+,27-,28+/m1/s1. The van der Waals surface area contributed by atoms with E-state index in [0.717, 1.165) is 30.7 Å². The molecule has 3 aliphatic rings. The van der Waals surface area contributed by atoms with E-state index in [0.29, 0.717) is 12.0 Å². The van der Waals surface area contributed by atoms with Crippen LogP contribution in [0.2, 0.25) is 0 Å². The van der Waals surface area contributed by atoms with Gasteiger partial charge in [-0.05, 0) is 81.6 Å². The molecule has 1 aromatic rings. The molecule has 7 nitrogen and oxygen atoms in total. The van der Waals surface area contributed by atoms with E-state index in [1.54, 1.807) is 0 Å². The summed E-state index contributed by atoms with van der Waals surface area (Å²) in [6.45, 7) is 13.2. The quantitative estimate of drug-likeness (QED) is 0.557. The number of ether oxygens (including phenoxy) is 4. The maximum atomic E-state index is 12.0. The largest absolute Gasteiger partial charge is 0.460 e. The van der Waals surface area contributed by atoms with Gasteiger partial charge in [0.25, 0.3) is 0 Å². The minimum Gasteiger partial charge on any atom is -0.460 e. The van der Waals surface area contributed by atoms with Crippen molar-refractivity contribution in [1.82, 2.24) is 4.90 Å². The minimum absolute atomic E-state index is 0.151. The first kappa shape index (κ1) is 26.0. The van der Waals surface area contributed by atoms with Gasteiger partial charge in [0.05, 0.1) is 6.10 Å². The number of hydrogen-bond acceptors (Lipinski definition) is 7. The molecular weight excluding hydrogens is 446 g/mol. The van der Waals surface area contributed by atoms with Gasteiger partial charge >= 0.3 is 11.9 Å². The van der Waals surface area contributed by atoms with Crippen LogP contribution in [0.3, 0.4) is 0 Å². The first-order chi connectivity index (χ1) is 16.7. The molecule has 0 bridgehead atoms. The molecule has 4 rings (SSSR count). The lowest BCUT2D eigenvalue weighted by molar-refractivity contribution is -0.263. The predicted molar refractivity (Wildman–Crippen MR) is 132 cm³/mol. The molecule has 1 aromatic carbocycles. The zero-order chi connectivity index (χ0) is 25.3. The summed E-state index contributed by atoms with van der Waals surface area (Å²) in [5.41, 5.74) is 3.60. The Morgan fingerprint density at radius 3 is 2.49 bits per heavy atom. The number of piperidine rings is 1. The van der Waals surface area contributed by atoms with Gasteiger partial charge in [-0.15, -0.1) is 0 Å². The molecule has 0 saturated carbocycles. The molecule has 1 aliphatic carbocycles. The molecule has 35 heavy (non-hydrogen) atoms. The van der Waals surface area contributed by atoms with E-state index in [2.05, 4.69) is 24.0 Å². The monoisotopic (exact) mass is 487 g/mol. The smallest absolute Gasteiger partial charge is 0.303 e. The van der Waals surface area contributed by atoms with Crippen molar-refractivity contribution in [2.75, 3.05) is 13.1 Å². The molecule has 0 N–H and O–H groups in total. The summed E-state index contributed by atoms with van der Waals surface area (Å²) in [4.78, 5) is 26.5. The van der Waals surface area contributed by atoms with Crippen molar-refractivity contribution < 1.29 is 28.5 Å². The van der Waals surface area contributed by atoms with Crippen molar-refractivity contribution in [2.24, 2.45) is 11.8 Å². The number of fused-ring (bicyclic) bond motifs is 2. The number of esters is 2. The number of hydrogen-bond donors (Lipinski definition) is 0. The average Bonchev–Trinajstić information content (AvgIpc) is 2.80. The zero-order valence-electron chi connectivity index (χ0n) is 22.0. The number of likely N-dealkylation sites (tertiary alicyclic amines) is 1. The molecule has 0 aromatic heterocycles. The molecule has 2 saturated heterocycles. The molecule has 0 unspecified atom stereocenters. The van der Waals surface area contributed by atoms with Crippen molar-refractivity contribution in [3.63, 3.8) is 0 Å². The fraction of sp³-hybridized carbons (Fsp3) is 0.714. The highest BCUT2D eigenvalue weighted by molar-refractivity contribution is 5.67. The Labute approximate surface area is 209 Å². The van der Waals surface area contributed by atoms with Crippen molar-refractivity contribution in [3.8, 4) is 5.75 Å². The van der Waals surface area contributed by atoms with Gasteiger partial charge in [-0.1, -0.05) is 26.0 Å². The number of aryl methyl sites for hydroxylation is 1. The van der Waals surface area contributed by atoms with Crippen LogP contribution in [0.4, 0.5) is 0 Å². The van der Waals surface area contributed by atoms with Crippen LogP contribution in [0.5, 0.6) is 5.75 Å². The Kier molecular flexibility index (Phi) is 8.06. The Balaban J connectivity index is 1.64. The third kappa shape index (κ3) is 5.51. The summed E-state index contributed by atoms with van der Waals surface area (Å²) in [5.74, 6) is 0.399. The van der Waals surface area contributed by atoms with Crippen molar-refractivity contribution in [3.05, 3.63) is 28.8 Å². The Morgan fingerprint density at radius 2 is 1.80 bits per heavy atom. The second-order valence-corrected chi connectivity index (χ2v) is 10.6. The average molecular weight is 488 g/mol. The van der Waals surface area contributed by atoms with Gasteiger partial charge in [0.1, 0.15) is 11.9 Å². The van der Waals surface area contributed by atoms with E-state index in [1.807, 2.05) is 20.8 Å². The van der Waals surface area contributed by atoms with E-state index in [4.69, 9.17) is 18.9 Å². The van der Waals surface area contributed by atoms with Crippen LogP contribution in [0.15, 0.2) is 12.1 Å². The molecule has 2 aliphatic heterocycles. The molecule has 194 valence electrons. The lowest BCUT2D eigenvalue weighted by Crippen LogP contribution is -2.57. The Morgan fingerprint density at radius 1 is 1.09 bits per heavy atom. The highest BCUT2D eigenvalue weighted by Gasteiger charge is 2.48. The normalized spacial score (nSPS) is 32.8. The Hall–Kier alpha value is -2.12. The van der Waals surface area contributed by atoms with Crippen LogP contribution in [-0.4, -0.2) is 60.6 Å². The summed E-state index contributed by atoms with van der Waals surface area (Å²) >= 11 is 0. The van der Waals surface area contributed by atoms with Crippen LogP contribution in [-0.2, 0) is 36.6 Å². The van der Waals surface area contributed by atoms with Crippen LogP contribution in [0.1, 0.15) is 70.6 Å². The number of carbonyl (C=O) groups excluding carboxylic acids is 2. The molecule has 0 radical (unpaired) electrons. The first-order valence-corrected chi connectivity index (χ1v) is 13.2. The second-order valence-electron chi connectivity index (χ2n) is 10.6. The molecule has 7 heteroatoms. The van der Waals surface area contributed by atoms with Gasteiger partial charge < -0.3 is 18.9 Å². The number of carbonyl (C=O) groups is 2. The number of nitrogens with zero attached hydrogens (tertiary/aromatic N) is 1. The zero-order valence-corrected chi connectivity index (χ0v) is 22.0. The third-order valence-corrected chi connectivity index (χ3v) is 8.03. The summed E-state index contributed by atoms with van der Waals surface area (Å²) in [7, 11) is 0. The van der Waals surface area contributed by atoms with Gasteiger partial charge in [0.15, 0.2) is 0 Å². The summed E-state index contributed by atoms with van der Waals surface area (Å²) in [6.07, 6.45) is 3.06. The van der Waals surface area contributed by atoms with Crippen LogP contribution in [0.25, 0.3) is 0 Å². The van der Waals surface area contributed by atoms with Gasteiger partial charge in [0, 0.05) is 25.8 Å². The van der Waals surface area contributed by atoms with E-state index in [9.17, 15) is 9.59 Å². The fourth-order valence-corrected chi connectivity index (χ4v) is 6.19. The molecule has 7 atom stereocenters. The second kappa shape index (κ2) is 10.9. The van der Waals surface area contributed by atoms with Crippen molar-refractivity contribution in [2.45, 2.75) is 104 Å². The van der Waals surface area contributed by atoms with Crippen molar-refractivity contribution in [1.29, 1.82) is 0 Å². The van der Waals surface area contributed by atoms with Gasteiger partial charge in [-0.2, -0.15) is 0 Å². The van der Waals surface area contributed by atoms with Gasteiger partial charge in [0.2, 0.25) is 12.4 Å². The third-order valence-electron chi connectivity index (χ3n) is 8.03. The van der Waals surface area contributed by atoms with Crippen LogP contribution in [0, 0.1) is 18.8 Å². The van der Waals surface area contributed by atoms with Crippen molar-refractivity contribution >= 4 is 11.9 Å². The molecule has 0 spiro atoms. The molecule has 2 heterocycles. The maximum absolute atomic E-state index is 12.0. The van der Waals surface area contributed by atoms with Gasteiger partial charge in [-0.25, -0.2) is 0 Å². The summed E-state index contributed by atoms with van der Waals surface area (Å²) in [6, 6.07) is 4.94. The topological polar surface area (TPSA) is 74.3 Å². The number of benzene rings is 1. The van der Waals surface area contributed by atoms with E-state index in [1.165, 1.54) is 50.8 Å². The van der Waals surface area contributed by atoms with Crippen LogP contribution >= 0.6 is 0 Å². The molecule has 0 amide bonds. The number of rotatable bonds is 6. The lowest BCUT2D eigenvalue weighted by atomic mass is 9.74. The van der Waals surface area contributed by atoms with E-state index < -0.39 is 30.4 Å². The SMILES string of the molecule is CCCN1CCC[C@@H]2Cc3c(ccc(C)c3O[C@@H]3O[C@H](C)[C@@H](C)[C@H](OC(C)=O)[C@H]3OC(C)=O)C[C@H]21. The lowest BCUT2D eigenvalue weighted by Gasteiger charge is -2.46. The van der Waals surface area contributed by atoms with E-state index in [-0.39, 0.29) is 12.0 Å². The van der Waals surface area contributed by atoms with Crippen LogP contribution < -0.4 is 4.74 Å². The summed E-state index contributed by atoms with van der Waals surface area (Å²) < 4.78 is 24.1. The van der Waals surface area contributed by atoms with Gasteiger partial charge in [-0.3, -0.25) is 14.5 Å². The summed E-state index contributed by atoms with van der Waals surface area (Å²) in [5, 5.41) is 0. The minimum atomic E-state index is -0.861. The maximum Gasteiger partial charge on any atom is 0.303 e. The fourth-order valence-electron chi connectivity index (χ4n) is 6.19. The molecular formula is C28H41NO6. The highest BCUT2D eigenvalue weighted by Crippen LogP contribution is 2.41.